The summed E-state index contributed by atoms with van der Waals surface area (Å²) < 4.78 is 26.6. The van der Waals surface area contributed by atoms with Crippen molar-refractivity contribution in [1.29, 1.82) is 0 Å². The lowest BCUT2D eigenvalue weighted by molar-refractivity contribution is -0.142. The van der Waals surface area contributed by atoms with Crippen molar-refractivity contribution in [2.24, 2.45) is 11.8 Å². The Balaban J connectivity index is 1.45. The van der Waals surface area contributed by atoms with E-state index in [0.29, 0.717) is 23.9 Å². The van der Waals surface area contributed by atoms with Gasteiger partial charge in [0.05, 0.1) is 19.2 Å². The van der Waals surface area contributed by atoms with Gasteiger partial charge in [-0.3, -0.25) is 4.79 Å². The van der Waals surface area contributed by atoms with E-state index in [0.717, 1.165) is 65.8 Å². The zero-order chi connectivity index (χ0) is 26.8. The smallest absolute Gasteiger partial charge is 0.306 e. The highest BCUT2D eigenvalue weighted by Gasteiger charge is 2.39. The van der Waals surface area contributed by atoms with Crippen LogP contribution >= 0.6 is 0 Å². The average molecular weight is 519 g/mol. The molecule has 0 spiro atoms. The van der Waals surface area contributed by atoms with Crippen molar-refractivity contribution in [1.82, 2.24) is 10.3 Å². The van der Waals surface area contributed by atoms with Crippen molar-refractivity contribution >= 4 is 5.97 Å². The van der Waals surface area contributed by atoms with Gasteiger partial charge in [0.25, 0.3) is 0 Å². The number of nitrogens with zero attached hydrogens (tertiary/aromatic N) is 1. The van der Waals surface area contributed by atoms with Gasteiger partial charge >= 0.3 is 5.97 Å². The molecule has 3 atom stereocenters. The Morgan fingerprint density at radius 1 is 1.18 bits per heavy atom. The first-order chi connectivity index (χ1) is 18.4. The molecule has 6 nitrogen and oxygen atoms in total. The Labute approximate surface area is 223 Å². The highest BCUT2D eigenvalue weighted by atomic mass is 19.1. The number of methoxy groups -OCH3 is 1. The zero-order valence-corrected chi connectivity index (χ0v) is 22.2. The summed E-state index contributed by atoms with van der Waals surface area (Å²) in [6.07, 6.45) is 4.92. The molecule has 5 rings (SSSR count). The number of benzene rings is 2. The van der Waals surface area contributed by atoms with Crippen LogP contribution < -0.4 is 14.8 Å². The first kappa shape index (κ1) is 26.2. The molecule has 38 heavy (non-hydrogen) atoms. The molecule has 1 saturated carbocycles. The third-order valence-corrected chi connectivity index (χ3v) is 7.88. The Kier molecular flexibility index (Phi) is 7.65. The van der Waals surface area contributed by atoms with Crippen LogP contribution in [0, 0.1) is 17.7 Å². The number of nitrogens with one attached hydrogen (secondary N) is 1. The normalized spacial score (nSPS) is 18.3. The molecule has 0 saturated heterocycles. The van der Waals surface area contributed by atoms with Crippen LogP contribution in [0.25, 0.3) is 11.1 Å². The fourth-order valence-electron chi connectivity index (χ4n) is 5.63. The number of pyridine rings is 1. The summed E-state index contributed by atoms with van der Waals surface area (Å²) in [5.74, 6) is 0.0385. The van der Waals surface area contributed by atoms with E-state index in [9.17, 15) is 14.3 Å². The predicted molar refractivity (Wildman–Crippen MR) is 144 cm³/mol. The van der Waals surface area contributed by atoms with Crippen molar-refractivity contribution in [3.05, 3.63) is 76.7 Å². The van der Waals surface area contributed by atoms with E-state index in [4.69, 9.17) is 9.47 Å². The molecule has 0 radical (unpaired) electrons. The minimum Gasteiger partial charge on any atom is -0.485 e. The molecular weight excluding hydrogens is 483 g/mol. The van der Waals surface area contributed by atoms with Gasteiger partial charge in [-0.2, -0.15) is 0 Å². The summed E-state index contributed by atoms with van der Waals surface area (Å²) >= 11 is 0. The van der Waals surface area contributed by atoms with E-state index in [1.54, 1.807) is 6.07 Å². The van der Waals surface area contributed by atoms with E-state index in [1.807, 2.05) is 26.0 Å². The van der Waals surface area contributed by atoms with Crippen molar-refractivity contribution in [3.8, 4) is 22.8 Å². The minimum absolute atomic E-state index is 0.0000286. The quantitative estimate of drug-likeness (QED) is 0.329. The summed E-state index contributed by atoms with van der Waals surface area (Å²) in [5, 5.41) is 13.1. The number of fused-ring (bicyclic) bond motifs is 1. The standard InChI is InChI=1S/C31H35FN2O4/c1-4-33-16-23-13-21(9-11-24(23)25-15-29(37-3)34-17-26(25)32)27-12-10-19-5-8-22(14-28(19)38-27)30(20-6-7-20)18(2)31(35)36/h5,8-9,11,13-15,17-18,20,27,30,33H,4,6-7,10,12,16H2,1-3H3,(H,35,36)/t18-,27?,30-/m0/s1. The molecule has 2 heterocycles. The molecule has 0 amide bonds. The fourth-order valence-corrected chi connectivity index (χ4v) is 5.63. The number of rotatable bonds is 10. The summed E-state index contributed by atoms with van der Waals surface area (Å²) in [5.41, 5.74) is 5.46. The summed E-state index contributed by atoms with van der Waals surface area (Å²) in [6.45, 7) is 5.23. The second kappa shape index (κ2) is 11.1. The Bertz CT molecular complexity index is 1320. The number of hydrogen-bond donors (Lipinski definition) is 2. The molecule has 2 aliphatic rings. The van der Waals surface area contributed by atoms with E-state index >= 15 is 0 Å². The van der Waals surface area contributed by atoms with E-state index in [-0.39, 0.29) is 12.0 Å². The van der Waals surface area contributed by atoms with Gasteiger partial charge in [0.2, 0.25) is 5.88 Å². The van der Waals surface area contributed by atoms with Crippen LogP contribution in [0.1, 0.15) is 67.4 Å². The first-order valence-corrected chi connectivity index (χ1v) is 13.4. The maximum Gasteiger partial charge on any atom is 0.306 e. The molecule has 2 N–H and O–H groups in total. The van der Waals surface area contributed by atoms with Gasteiger partial charge in [-0.25, -0.2) is 9.37 Å². The van der Waals surface area contributed by atoms with Crippen LogP contribution in [0.3, 0.4) is 0 Å². The van der Waals surface area contributed by atoms with Crippen molar-refractivity contribution in [3.63, 3.8) is 0 Å². The van der Waals surface area contributed by atoms with Gasteiger partial charge in [0, 0.05) is 18.2 Å². The monoisotopic (exact) mass is 518 g/mol. The number of carbonyl (C=O) groups is 1. The number of aryl methyl sites for hydroxylation is 1. The Morgan fingerprint density at radius 3 is 2.71 bits per heavy atom. The maximum absolute atomic E-state index is 14.8. The zero-order valence-electron chi connectivity index (χ0n) is 22.2. The second-order valence-electron chi connectivity index (χ2n) is 10.4. The molecule has 1 fully saturated rings. The molecule has 1 aliphatic heterocycles. The molecule has 0 bridgehead atoms. The van der Waals surface area contributed by atoms with Crippen LogP contribution in [0.5, 0.6) is 11.6 Å². The maximum atomic E-state index is 14.8. The SMILES string of the molecule is CCNCc1cc(C2CCc3ccc([C@H](C4CC4)[C@H](C)C(=O)O)cc3O2)ccc1-c1cc(OC)ncc1F. The van der Waals surface area contributed by atoms with E-state index < -0.39 is 17.7 Å². The van der Waals surface area contributed by atoms with Gasteiger partial charge in [-0.15, -0.1) is 0 Å². The highest BCUT2D eigenvalue weighted by Crippen LogP contribution is 2.48. The summed E-state index contributed by atoms with van der Waals surface area (Å²) in [6, 6.07) is 13.9. The summed E-state index contributed by atoms with van der Waals surface area (Å²) in [4.78, 5) is 15.8. The Morgan fingerprint density at radius 2 is 2.00 bits per heavy atom. The second-order valence-corrected chi connectivity index (χ2v) is 10.4. The van der Waals surface area contributed by atoms with Gasteiger partial charge < -0.3 is 19.9 Å². The van der Waals surface area contributed by atoms with E-state index in [2.05, 4.69) is 34.6 Å². The number of aliphatic carboxylic acids is 1. The molecule has 200 valence electrons. The highest BCUT2D eigenvalue weighted by molar-refractivity contribution is 5.71. The largest absolute Gasteiger partial charge is 0.485 e. The van der Waals surface area contributed by atoms with Crippen LogP contribution in [-0.4, -0.2) is 29.7 Å². The van der Waals surface area contributed by atoms with Gasteiger partial charge in [-0.05, 0) is 77.9 Å². The van der Waals surface area contributed by atoms with Crippen LogP contribution in [0.2, 0.25) is 0 Å². The number of halogens is 1. The third kappa shape index (κ3) is 5.39. The van der Waals surface area contributed by atoms with E-state index in [1.165, 1.54) is 13.3 Å². The van der Waals surface area contributed by atoms with Crippen LogP contribution in [0.15, 0.2) is 48.7 Å². The first-order valence-electron chi connectivity index (χ1n) is 13.4. The molecular formula is C31H35FN2O4. The lowest BCUT2D eigenvalue weighted by Crippen LogP contribution is -2.21. The van der Waals surface area contributed by atoms with Crippen LogP contribution in [-0.2, 0) is 17.8 Å². The third-order valence-electron chi connectivity index (χ3n) is 7.88. The number of hydrogen-bond acceptors (Lipinski definition) is 5. The molecule has 2 aromatic carbocycles. The van der Waals surface area contributed by atoms with Gasteiger partial charge in [-0.1, -0.05) is 44.2 Å². The fraction of sp³-hybridized carbons (Fsp3) is 0.419. The lowest BCUT2D eigenvalue weighted by atomic mass is 9.82. The van der Waals surface area contributed by atoms with Crippen LogP contribution in [0.4, 0.5) is 4.39 Å². The lowest BCUT2D eigenvalue weighted by Gasteiger charge is -2.29. The molecule has 1 aromatic heterocycles. The number of aromatic nitrogens is 1. The molecule has 3 aromatic rings. The van der Waals surface area contributed by atoms with Gasteiger partial charge in [0.1, 0.15) is 17.7 Å². The topological polar surface area (TPSA) is 80.7 Å². The predicted octanol–water partition coefficient (Wildman–Crippen LogP) is 6.29. The van der Waals surface area contributed by atoms with Crippen molar-refractivity contribution in [2.45, 2.75) is 58.1 Å². The number of carboxylic acid groups (broad SMARTS) is 1. The Hall–Kier alpha value is -3.45. The van der Waals surface area contributed by atoms with Gasteiger partial charge in [0.15, 0.2) is 0 Å². The molecule has 7 heteroatoms. The summed E-state index contributed by atoms with van der Waals surface area (Å²) in [7, 11) is 1.52. The minimum atomic E-state index is -0.755. The molecule has 1 unspecified atom stereocenters. The average Bonchev–Trinajstić information content (AvgIpc) is 3.77. The van der Waals surface area contributed by atoms with Crippen molar-refractivity contribution in [2.75, 3.05) is 13.7 Å². The number of ether oxygens (including phenoxy) is 2. The number of carboxylic acids is 1. The molecule has 1 aliphatic carbocycles. The van der Waals surface area contributed by atoms with Crippen molar-refractivity contribution < 1.29 is 23.8 Å².